The van der Waals surface area contributed by atoms with Gasteiger partial charge in [0.1, 0.15) is 5.75 Å². The molecule has 0 amide bonds. The van der Waals surface area contributed by atoms with Crippen LogP contribution in [0.5, 0.6) is 5.75 Å². The zero-order valence-corrected chi connectivity index (χ0v) is 11.3. The van der Waals surface area contributed by atoms with Gasteiger partial charge in [-0.1, -0.05) is 22.9 Å². The molecule has 1 N–H and O–H groups in total. The zero-order chi connectivity index (χ0) is 14.4. The van der Waals surface area contributed by atoms with E-state index in [1.807, 2.05) is 31.2 Å². The van der Waals surface area contributed by atoms with Gasteiger partial charge in [-0.25, -0.2) is 4.79 Å². The summed E-state index contributed by atoms with van der Waals surface area (Å²) in [6, 6.07) is 7.92. The first-order valence-electron chi connectivity index (χ1n) is 6.48. The van der Waals surface area contributed by atoms with E-state index in [1.54, 1.807) is 0 Å². The number of aryl methyl sites for hydroxylation is 2. The van der Waals surface area contributed by atoms with Gasteiger partial charge in [0.2, 0.25) is 0 Å². The lowest BCUT2D eigenvalue weighted by molar-refractivity contribution is 0.0690. The molecule has 0 aliphatic rings. The SMILES string of the molecule is Cc1ccc(OCCCCn2cc(C(=O)O)nn2)cc1. The average Bonchev–Trinajstić information content (AvgIpc) is 2.89. The van der Waals surface area contributed by atoms with E-state index in [1.165, 1.54) is 16.4 Å². The fourth-order valence-corrected chi connectivity index (χ4v) is 1.71. The maximum Gasteiger partial charge on any atom is 0.358 e. The number of aromatic nitrogens is 3. The number of ether oxygens (including phenoxy) is 1. The standard InChI is InChI=1S/C14H17N3O3/c1-11-4-6-12(7-5-11)20-9-3-2-8-17-10-13(14(18)19)15-16-17/h4-7,10H,2-3,8-9H2,1H3,(H,18,19). The number of rotatable bonds is 7. The molecule has 6 nitrogen and oxygen atoms in total. The maximum atomic E-state index is 10.6. The predicted octanol–water partition coefficient (Wildman–Crippen LogP) is 2.14. The van der Waals surface area contributed by atoms with Crippen molar-refractivity contribution in [2.45, 2.75) is 26.3 Å². The van der Waals surface area contributed by atoms with Gasteiger partial charge < -0.3 is 9.84 Å². The summed E-state index contributed by atoms with van der Waals surface area (Å²) in [6.07, 6.45) is 3.16. The molecule has 6 heteroatoms. The van der Waals surface area contributed by atoms with Gasteiger partial charge in [0.05, 0.1) is 12.8 Å². The number of aromatic carboxylic acids is 1. The summed E-state index contributed by atoms with van der Waals surface area (Å²) >= 11 is 0. The number of hydrogen-bond donors (Lipinski definition) is 1. The topological polar surface area (TPSA) is 77.2 Å². The molecule has 0 aliphatic carbocycles. The van der Waals surface area contributed by atoms with Crippen LogP contribution in [0.4, 0.5) is 0 Å². The predicted molar refractivity (Wildman–Crippen MR) is 72.9 cm³/mol. The Labute approximate surface area is 117 Å². The molecular formula is C14H17N3O3. The molecule has 0 aliphatic heterocycles. The van der Waals surface area contributed by atoms with Crippen molar-refractivity contribution >= 4 is 5.97 Å². The molecule has 0 unspecified atom stereocenters. The Kier molecular flexibility index (Phi) is 4.70. The van der Waals surface area contributed by atoms with E-state index in [9.17, 15) is 4.79 Å². The van der Waals surface area contributed by atoms with Crippen LogP contribution in [0.3, 0.4) is 0 Å². The van der Waals surface area contributed by atoms with Gasteiger partial charge in [-0.05, 0) is 31.9 Å². The molecule has 2 rings (SSSR count). The molecule has 0 atom stereocenters. The molecule has 20 heavy (non-hydrogen) atoms. The first-order chi connectivity index (χ1) is 9.65. The molecule has 0 radical (unpaired) electrons. The lowest BCUT2D eigenvalue weighted by Crippen LogP contribution is -2.03. The first-order valence-corrected chi connectivity index (χ1v) is 6.48. The van der Waals surface area contributed by atoms with E-state index < -0.39 is 5.97 Å². The van der Waals surface area contributed by atoms with E-state index in [0.717, 1.165) is 18.6 Å². The number of benzene rings is 1. The van der Waals surface area contributed by atoms with Crippen LogP contribution in [-0.2, 0) is 6.54 Å². The zero-order valence-electron chi connectivity index (χ0n) is 11.3. The molecule has 0 fully saturated rings. The highest BCUT2D eigenvalue weighted by atomic mass is 16.5. The number of unbranched alkanes of at least 4 members (excludes halogenated alkanes) is 1. The minimum atomic E-state index is -1.06. The second kappa shape index (κ2) is 6.70. The second-order valence-corrected chi connectivity index (χ2v) is 4.54. The Morgan fingerprint density at radius 2 is 2.05 bits per heavy atom. The smallest absolute Gasteiger partial charge is 0.358 e. The largest absolute Gasteiger partial charge is 0.494 e. The van der Waals surface area contributed by atoms with Crippen molar-refractivity contribution in [3.8, 4) is 5.75 Å². The van der Waals surface area contributed by atoms with Crippen molar-refractivity contribution < 1.29 is 14.6 Å². The number of carbonyl (C=O) groups is 1. The van der Waals surface area contributed by atoms with Crippen LogP contribution in [0.2, 0.25) is 0 Å². The van der Waals surface area contributed by atoms with Crippen molar-refractivity contribution in [2.24, 2.45) is 0 Å². The van der Waals surface area contributed by atoms with Crippen LogP contribution in [-0.4, -0.2) is 32.7 Å². The average molecular weight is 275 g/mol. The van der Waals surface area contributed by atoms with Crippen molar-refractivity contribution in [2.75, 3.05) is 6.61 Å². The van der Waals surface area contributed by atoms with E-state index in [2.05, 4.69) is 10.3 Å². The molecule has 106 valence electrons. The Hall–Kier alpha value is -2.37. The van der Waals surface area contributed by atoms with Crippen molar-refractivity contribution in [3.05, 3.63) is 41.7 Å². The summed E-state index contributed by atoms with van der Waals surface area (Å²) in [5, 5.41) is 16.0. The van der Waals surface area contributed by atoms with Crippen LogP contribution in [0.25, 0.3) is 0 Å². The Morgan fingerprint density at radius 3 is 2.70 bits per heavy atom. The number of nitrogens with zero attached hydrogens (tertiary/aromatic N) is 3. The Balaban J connectivity index is 1.66. The second-order valence-electron chi connectivity index (χ2n) is 4.54. The van der Waals surface area contributed by atoms with E-state index in [-0.39, 0.29) is 5.69 Å². The van der Waals surface area contributed by atoms with Gasteiger partial charge in [-0.3, -0.25) is 4.68 Å². The Morgan fingerprint density at radius 1 is 1.30 bits per heavy atom. The highest BCUT2D eigenvalue weighted by molar-refractivity contribution is 5.84. The van der Waals surface area contributed by atoms with E-state index in [0.29, 0.717) is 13.2 Å². The molecule has 2 aromatic rings. The van der Waals surface area contributed by atoms with Gasteiger partial charge in [0.15, 0.2) is 5.69 Å². The molecule has 0 spiro atoms. The number of carboxylic acid groups (broad SMARTS) is 1. The Bertz CT molecular complexity index is 563. The molecule has 0 saturated heterocycles. The quantitative estimate of drug-likeness (QED) is 0.783. The molecule has 1 aromatic carbocycles. The van der Waals surface area contributed by atoms with Crippen LogP contribution < -0.4 is 4.74 Å². The third kappa shape index (κ3) is 4.08. The fraction of sp³-hybridized carbons (Fsp3) is 0.357. The van der Waals surface area contributed by atoms with Crippen molar-refractivity contribution in [1.29, 1.82) is 0 Å². The van der Waals surface area contributed by atoms with Crippen LogP contribution in [0.1, 0.15) is 28.9 Å². The van der Waals surface area contributed by atoms with E-state index in [4.69, 9.17) is 9.84 Å². The van der Waals surface area contributed by atoms with Gasteiger partial charge in [-0.2, -0.15) is 0 Å². The summed E-state index contributed by atoms with van der Waals surface area (Å²) in [5.74, 6) is -0.191. The third-order valence-electron chi connectivity index (χ3n) is 2.83. The minimum Gasteiger partial charge on any atom is -0.494 e. The lowest BCUT2D eigenvalue weighted by Gasteiger charge is -2.06. The van der Waals surface area contributed by atoms with Crippen molar-refractivity contribution in [1.82, 2.24) is 15.0 Å². The van der Waals surface area contributed by atoms with Gasteiger partial charge >= 0.3 is 5.97 Å². The maximum absolute atomic E-state index is 10.6. The lowest BCUT2D eigenvalue weighted by atomic mass is 10.2. The summed E-state index contributed by atoms with van der Waals surface area (Å²) in [4.78, 5) is 10.6. The summed E-state index contributed by atoms with van der Waals surface area (Å²) in [5.41, 5.74) is 1.18. The summed E-state index contributed by atoms with van der Waals surface area (Å²) < 4.78 is 7.14. The van der Waals surface area contributed by atoms with Gasteiger partial charge in [-0.15, -0.1) is 5.10 Å². The molecule has 1 heterocycles. The van der Waals surface area contributed by atoms with Crippen LogP contribution in [0.15, 0.2) is 30.5 Å². The minimum absolute atomic E-state index is 0.0269. The van der Waals surface area contributed by atoms with Crippen molar-refractivity contribution in [3.63, 3.8) is 0 Å². The number of carboxylic acids is 1. The van der Waals surface area contributed by atoms with Crippen LogP contribution in [0, 0.1) is 6.92 Å². The molecular weight excluding hydrogens is 258 g/mol. The van der Waals surface area contributed by atoms with Crippen LogP contribution >= 0.6 is 0 Å². The normalized spacial score (nSPS) is 10.4. The van der Waals surface area contributed by atoms with Gasteiger partial charge in [0, 0.05) is 6.54 Å². The van der Waals surface area contributed by atoms with Gasteiger partial charge in [0.25, 0.3) is 0 Å². The highest BCUT2D eigenvalue weighted by Crippen LogP contribution is 2.11. The fourth-order valence-electron chi connectivity index (χ4n) is 1.71. The molecule has 1 aromatic heterocycles. The summed E-state index contributed by atoms with van der Waals surface area (Å²) in [7, 11) is 0. The molecule has 0 bridgehead atoms. The highest BCUT2D eigenvalue weighted by Gasteiger charge is 2.07. The molecule has 0 saturated carbocycles. The summed E-state index contributed by atoms with van der Waals surface area (Å²) in [6.45, 7) is 3.30. The number of hydrogen-bond acceptors (Lipinski definition) is 4. The first kappa shape index (κ1) is 14.0. The monoisotopic (exact) mass is 275 g/mol. The van der Waals surface area contributed by atoms with E-state index >= 15 is 0 Å². The third-order valence-corrected chi connectivity index (χ3v) is 2.83.